The Hall–Kier alpha value is -1.33. The summed E-state index contributed by atoms with van der Waals surface area (Å²) in [5.41, 5.74) is -1.68. The topological polar surface area (TPSA) is 20.2 Å². The van der Waals surface area contributed by atoms with Crippen LogP contribution in [0.1, 0.15) is 18.1 Å². The normalized spacial score (nSPS) is 14.1. The van der Waals surface area contributed by atoms with Crippen molar-refractivity contribution >= 4 is 15.9 Å². The second-order valence-corrected chi connectivity index (χ2v) is 5.70. The first-order valence-electron chi connectivity index (χ1n) is 5.92. The molecule has 0 saturated carbocycles. The van der Waals surface area contributed by atoms with E-state index in [4.69, 9.17) is 0 Å². The maximum Gasteiger partial charge on any atom is 0.164 e. The number of rotatable bonds is 3. The van der Waals surface area contributed by atoms with Crippen LogP contribution in [0.25, 0.3) is 0 Å². The van der Waals surface area contributed by atoms with Gasteiger partial charge in [0.15, 0.2) is 11.6 Å². The van der Waals surface area contributed by atoms with Crippen LogP contribution in [0, 0.1) is 17.5 Å². The molecule has 1 unspecified atom stereocenters. The van der Waals surface area contributed by atoms with Gasteiger partial charge in [-0.1, -0.05) is 34.1 Å². The van der Waals surface area contributed by atoms with Crippen molar-refractivity contribution in [2.24, 2.45) is 0 Å². The summed E-state index contributed by atoms with van der Waals surface area (Å²) < 4.78 is 41.3. The Labute approximate surface area is 123 Å². The standard InChI is InChI=1S/C15H12BrF3O/c1-15(20,11-3-2-4-12(17)14(11)19)8-9-5-6-10(16)7-13(9)18/h2-7,20H,8H2,1H3. The quantitative estimate of drug-likeness (QED) is 0.879. The van der Waals surface area contributed by atoms with Crippen LogP contribution in [-0.4, -0.2) is 5.11 Å². The molecular formula is C15H12BrF3O. The Bertz CT molecular complexity index is 641. The van der Waals surface area contributed by atoms with Crippen molar-refractivity contribution < 1.29 is 18.3 Å². The highest BCUT2D eigenvalue weighted by Gasteiger charge is 2.29. The minimum absolute atomic E-state index is 0.160. The van der Waals surface area contributed by atoms with Crippen LogP contribution >= 0.6 is 15.9 Å². The summed E-state index contributed by atoms with van der Waals surface area (Å²) in [5, 5.41) is 10.4. The molecule has 20 heavy (non-hydrogen) atoms. The first-order valence-corrected chi connectivity index (χ1v) is 6.71. The minimum atomic E-state index is -1.71. The zero-order valence-corrected chi connectivity index (χ0v) is 12.2. The summed E-state index contributed by atoms with van der Waals surface area (Å²) in [6.45, 7) is 1.33. The molecule has 0 heterocycles. The average molecular weight is 345 g/mol. The van der Waals surface area contributed by atoms with Gasteiger partial charge < -0.3 is 5.11 Å². The van der Waals surface area contributed by atoms with E-state index in [1.807, 2.05) is 0 Å². The first-order chi connectivity index (χ1) is 9.31. The summed E-state index contributed by atoms with van der Waals surface area (Å²) in [5.74, 6) is -2.68. The molecule has 1 atom stereocenters. The smallest absolute Gasteiger partial charge is 0.164 e. The molecule has 0 aliphatic rings. The number of aliphatic hydroxyl groups is 1. The number of hydrogen-bond donors (Lipinski definition) is 1. The van der Waals surface area contributed by atoms with E-state index < -0.39 is 23.1 Å². The Morgan fingerprint density at radius 1 is 1.10 bits per heavy atom. The second-order valence-electron chi connectivity index (χ2n) is 4.79. The maximum atomic E-state index is 13.8. The van der Waals surface area contributed by atoms with Gasteiger partial charge in [0, 0.05) is 16.5 Å². The van der Waals surface area contributed by atoms with Crippen molar-refractivity contribution in [2.45, 2.75) is 18.9 Å². The fourth-order valence-electron chi connectivity index (χ4n) is 2.05. The molecule has 106 valence electrons. The highest BCUT2D eigenvalue weighted by Crippen LogP contribution is 2.30. The van der Waals surface area contributed by atoms with Crippen LogP contribution in [-0.2, 0) is 12.0 Å². The van der Waals surface area contributed by atoms with Crippen LogP contribution < -0.4 is 0 Å². The van der Waals surface area contributed by atoms with Gasteiger partial charge in [0.1, 0.15) is 5.82 Å². The Morgan fingerprint density at radius 3 is 2.45 bits per heavy atom. The van der Waals surface area contributed by atoms with E-state index in [1.54, 1.807) is 6.07 Å². The number of hydrogen-bond acceptors (Lipinski definition) is 1. The van der Waals surface area contributed by atoms with Gasteiger partial charge in [-0.3, -0.25) is 0 Å². The zero-order chi connectivity index (χ0) is 14.9. The third kappa shape index (κ3) is 3.04. The molecule has 0 fully saturated rings. The van der Waals surface area contributed by atoms with Crippen molar-refractivity contribution in [1.29, 1.82) is 0 Å². The highest BCUT2D eigenvalue weighted by molar-refractivity contribution is 9.10. The summed E-state index contributed by atoms with van der Waals surface area (Å²) in [7, 11) is 0. The fraction of sp³-hybridized carbons (Fsp3) is 0.200. The van der Waals surface area contributed by atoms with E-state index in [2.05, 4.69) is 15.9 Å². The van der Waals surface area contributed by atoms with Crippen LogP contribution in [0.4, 0.5) is 13.2 Å². The summed E-state index contributed by atoms with van der Waals surface area (Å²) in [6.07, 6.45) is -0.160. The second kappa shape index (κ2) is 5.58. The van der Waals surface area contributed by atoms with Crippen LogP contribution in [0.5, 0.6) is 0 Å². The monoisotopic (exact) mass is 344 g/mol. The molecule has 0 saturated heterocycles. The van der Waals surface area contributed by atoms with Crippen molar-refractivity contribution in [3.63, 3.8) is 0 Å². The van der Waals surface area contributed by atoms with E-state index in [0.29, 0.717) is 4.47 Å². The molecule has 2 rings (SSSR count). The van der Waals surface area contributed by atoms with Gasteiger partial charge >= 0.3 is 0 Å². The van der Waals surface area contributed by atoms with Crippen LogP contribution in [0.2, 0.25) is 0 Å². The largest absolute Gasteiger partial charge is 0.385 e. The molecule has 5 heteroatoms. The predicted octanol–water partition coefficient (Wildman–Crippen LogP) is 4.32. The Kier molecular flexibility index (Phi) is 4.20. The first kappa shape index (κ1) is 15.1. The molecule has 0 radical (unpaired) electrons. The lowest BCUT2D eigenvalue weighted by Gasteiger charge is -2.25. The molecule has 1 nitrogen and oxygen atoms in total. The van der Waals surface area contributed by atoms with Gasteiger partial charge in [0.05, 0.1) is 5.60 Å². The third-order valence-electron chi connectivity index (χ3n) is 3.08. The van der Waals surface area contributed by atoms with Gasteiger partial charge in [-0.05, 0) is 30.7 Å². The van der Waals surface area contributed by atoms with Crippen molar-refractivity contribution in [1.82, 2.24) is 0 Å². The molecule has 0 aromatic heterocycles. The van der Waals surface area contributed by atoms with Crippen molar-refractivity contribution in [2.75, 3.05) is 0 Å². The third-order valence-corrected chi connectivity index (χ3v) is 3.57. The summed E-state index contributed by atoms with van der Waals surface area (Å²) >= 11 is 3.13. The molecule has 2 aromatic rings. The lowest BCUT2D eigenvalue weighted by Crippen LogP contribution is -2.26. The number of halogens is 4. The van der Waals surface area contributed by atoms with E-state index in [9.17, 15) is 18.3 Å². The zero-order valence-electron chi connectivity index (χ0n) is 10.6. The fourth-order valence-corrected chi connectivity index (χ4v) is 2.38. The van der Waals surface area contributed by atoms with Gasteiger partial charge in [0.25, 0.3) is 0 Å². The van der Waals surface area contributed by atoms with E-state index in [-0.39, 0.29) is 17.5 Å². The van der Waals surface area contributed by atoms with Gasteiger partial charge in [-0.15, -0.1) is 0 Å². The van der Waals surface area contributed by atoms with Gasteiger partial charge in [0.2, 0.25) is 0 Å². The lowest BCUT2D eigenvalue weighted by atomic mass is 9.88. The molecular weight excluding hydrogens is 333 g/mol. The molecule has 0 aliphatic carbocycles. The van der Waals surface area contributed by atoms with Crippen molar-refractivity contribution in [3.05, 3.63) is 69.4 Å². The van der Waals surface area contributed by atoms with Crippen LogP contribution in [0.3, 0.4) is 0 Å². The summed E-state index contributed by atoms with van der Waals surface area (Å²) in [6, 6.07) is 7.93. The number of benzene rings is 2. The average Bonchev–Trinajstić information content (AvgIpc) is 2.36. The molecule has 2 aromatic carbocycles. The van der Waals surface area contributed by atoms with Gasteiger partial charge in [-0.25, -0.2) is 13.2 Å². The van der Waals surface area contributed by atoms with E-state index in [1.165, 1.54) is 31.2 Å². The Balaban J connectivity index is 2.38. The molecule has 0 aliphatic heterocycles. The Morgan fingerprint density at radius 2 is 1.80 bits per heavy atom. The van der Waals surface area contributed by atoms with Gasteiger partial charge in [-0.2, -0.15) is 0 Å². The predicted molar refractivity (Wildman–Crippen MR) is 73.7 cm³/mol. The van der Waals surface area contributed by atoms with E-state index in [0.717, 1.165) is 6.07 Å². The van der Waals surface area contributed by atoms with E-state index >= 15 is 0 Å². The molecule has 0 bridgehead atoms. The van der Waals surface area contributed by atoms with Crippen LogP contribution in [0.15, 0.2) is 40.9 Å². The molecule has 0 amide bonds. The minimum Gasteiger partial charge on any atom is -0.385 e. The molecule has 0 spiro atoms. The summed E-state index contributed by atoms with van der Waals surface area (Å²) in [4.78, 5) is 0. The maximum absolute atomic E-state index is 13.8. The molecule has 1 N–H and O–H groups in total. The lowest BCUT2D eigenvalue weighted by molar-refractivity contribution is 0.0521. The van der Waals surface area contributed by atoms with Crippen molar-refractivity contribution in [3.8, 4) is 0 Å². The SMILES string of the molecule is CC(O)(Cc1ccc(Br)cc1F)c1cccc(F)c1F. The highest BCUT2D eigenvalue weighted by atomic mass is 79.9.